The van der Waals surface area contributed by atoms with Crippen LogP contribution in [0.3, 0.4) is 0 Å². The number of guanidine groups is 1. The van der Waals surface area contributed by atoms with Gasteiger partial charge in [-0.3, -0.25) is 4.79 Å². The van der Waals surface area contributed by atoms with E-state index in [9.17, 15) is 13.2 Å². The summed E-state index contributed by atoms with van der Waals surface area (Å²) in [7, 11) is 0.393. The zero-order valence-electron chi connectivity index (χ0n) is 18.6. The smallest absolute Gasteiger partial charge is 0.230 e. The number of aliphatic imine (C=N–C) groups is 1. The summed E-state index contributed by atoms with van der Waals surface area (Å²) in [6.07, 6.45) is 5.14. The number of hydrogen-bond acceptors (Lipinski definition) is 4. The van der Waals surface area contributed by atoms with Crippen molar-refractivity contribution in [1.29, 1.82) is 0 Å². The molecular weight excluding hydrogens is 515 g/mol. The van der Waals surface area contributed by atoms with Gasteiger partial charge in [-0.05, 0) is 43.9 Å². The van der Waals surface area contributed by atoms with Gasteiger partial charge in [-0.2, -0.15) is 0 Å². The summed E-state index contributed by atoms with van der Waals surface area (Å²) in [5, 5.41) is 6.59. The first-order valence-corrected chi connectivity index (χ1v) is 12.0. The summed E-state index contributed by atoms with van der Waals surface area (Å²) < 4.78 is 23.6. The summed E-state index contributed by atoms with van der Waals surface area (Å²) in [5.74, 6) is 0.834. The quantitative estimate of drug-likeness (QED) is 0.310. The molecule has 2 N–H and O–H groups in total. The Labute approximate surface area is 198 Å². The van der Waals surface area contributed by atoms with Crippen molar-refractivity contribution in [2.75, 3.05) is 33.4 Å². The number of hydrogen-bond donors (Lipinski definition) is 2. The molecule has 170 valence electrons. The molecule has 2 rings (SSSR count). The highest BCUT2D eigenvalue weighted by Gasteiger charge is 2.42. The zero-order valence-corrected chi connectivity index (χ0v) is 21.8. The maximum atomic E-state index is 12.7. The van der Waals surface area contributed by atoms with Crippen molar-refractivity contribution in [3.8, 4) is 0 Å². The first-order valence-electron chi connectivity index (χ1n) is 10.1. The molecule has 0 aromatic heterocycles. The van der Waals surface area contributed by atoms with Crippen LogP contribution in [0.2, 0.25) is 0 Å². The van der Waals surface area contributed by atoms with Crippen LogP contribution in [-0.2, 0) is 21.2 Å². The number of amides is 1. The molecular formula is C21H35IN4O3S. The highest BCUT2D eigenvalue weighted by Crippen LogP contribution is 2.38. The molecule has 1 saturated carbocycles. The van der Waals surface area contributed by atoms with E-state index in [0.29, 0.717) is 30.5 Å². The number of halogens is 1. The van der Waals surface area contributed by atoms with Crippen LogP contribution in [0.15, 0.2) is 28.1 Å². The van der Waals surface area contributed by atoms with Crippen molar-refractivity contribution in [1.82, 2.24) is 15.5 Å². The lowest BCUT2D eigenvalue weighted by molar-refractivity contribution is -0.138. The van der Waals surface area contributed by atoms with Gasteiger partial charge < -0.3 is 15.5 Å². The largest absolute Gasteiger partial charge is 0.357 e. The lowest BCUT2D eigenvalue weighted by Gasteiger charge is -2.31. The molecule has 0 heterocycles. The number of carbonyl (C=O) groups excluding carboxylic acids is 1. The van der Waals surface area contributed by atoms with E-state index in [1.54, 1.807) is 24.0 Å². The summed E-state index contributed by atoms with van der Waals surface area (Å²) in [4.78, 5) is 19.4. The van der Waals surface area contributed by atoms with Crippen molar-refractivity contribution in [2.24, 2.45) is 10.4 Å². The average molecular weight is 551 g/mol. The second-order valence-corrected chi connectivity index (χ2v) is 10.1. The average Bonchev–Trinajstić information content (AvgIpc) is 3.12. The van der Waals surface area contributed by atoms with Gasteiger partial charge in [-0.15, -0.1) is 24.0 Å². The number of sulfone groups is 1. The molecule has 0 bridgehead atoms. The molecule has 0 aliphatic heterocycles. The summed E-state index contributed by atoms with van der Waals surface area (Å²) in [6, 6.07) is 5.29. The minimum Gasteiger partial charge on any atom is -0.357 e. The second-order valence-electron chi connectivity index (χ2n) is 8.11. The predicted octanol–water partition coefficient (Wildman–Crippen LogP) is 2.72. The van der Waals surface area contributed by atoms with Gasteiger partial charge in [0, 0.05) is 33.4 Å². The maximum Gasteiger partial charge on any atom is 0.230 e. The number of benzene rings is 1. The molecule has 30 heavy (non-hydrogen) atoms. The third kappa shape index (κ3) is 6.83. The van der Waals surface area contributed by atoms with Gasteiger partial charge in [0.1, 0.15) is 0 Å². The fourth-order valence-corrected chi connectivity index (χ4v) is 4.94. The highest BCUT2D eigenvalue weighted by molar-refractivity contribution is 14.0. The molecule has 0 atom stereocenters. The summed E-state index contributed by atoms with van der Waals surface area (Å²) in [6.45, 7) is 5.49. The molecule has 0 spiro atoms. The Bertz CT molecular complexity index is 863. The zero-order chi connectivity index (χ0) is 21.7. The van der Waals surface area contributed by atoms with Crippen LogP contribution in [-0.4, -0.2) is 58.6 Å². The van der Waals surface area contributed by atoms with E-state index in [1.165, 1.54) is 6.26 Å². The van der Waals surface area contributed by atoms with E-state index < -0.39 is 9.84 Å². The Morgan fingerprint density at radius 2 is 1.83 bits per heavy atom. The van der Waals surface area contributed by atoms with Crippen molar-refractivity contribution in [3.63, 3.8) is 0 Å². The van der Waals surface area contributed by atoms with Gasteiger partial charge in [0.05, 0.1) is 16.9 Å². The van der Waals surface area contributed by atoms with E-state index in [1.807, 2.05) is 27.1 Å². The Morgan fingerprint density at radius 1 is 1.20 bits per heavy atom. The van der Waals surface area contributed by atoms with Crippen LogP contribution in [0.5, 0.6) is 0 Å². The van der Waals surface area contributed by atoms with Crippen molar-refractivity contribution < 1.29 is 13.2 Å². The normalized spacial score (nSPS) is 16.0. The maximum absolute atomic E-state index is 12.7. The minimum atomic E-state index is -3.23. The minimum absolute atomic E-state index is 0. The van der Waals surface area contributed by atoms with E-state index in [2.05, 4.69) is 15.6 Å². The molecule has 1 amide bonds. The Morgan fingerprint density at radius 3 is 2.33 bits per heavy atom. The van der Waals surface area contributed by atoms with Crippen LogP contribution < -0.4 is 10.6 Å². The molecule has 0 unspecified atom stereocenters. The van der Waals surface area contributed by atoms with Crippen LogP contribution in [0.4, 0.5) is 0 Å². The van der Waals surface area contributed by atoms with Crippen molar-refractivity contribution >= 4 is 45.7 Å². The Hall–Kier alpha value is -1.36. The third-order valence-corrected chi connectivity index (χ3v) is 6.67. The monoisotopic (exact) mass is 550 g/mol. The lowest BCUT2D eigenvalue weighted by atomic mass is 9.84. The van der Waals surface area contributed by atoms with Crippen molar-refractivity contribution in [2.45, 2.75) is 51.0 Å². The lowest BCUT2D eigenvalue weighted by Crippen LogP contribution is -2.49. The molecule has 0 saturated heterocycles. The molecule has 1 aromatic carbocycles. The fraction of sp³-hybridized carbons (Fsp3) is 0.619. The third-order valence-electron chi connectivity index (χ3n) is 5.42. The number of nitrogens with one attached hydrogen (secondary N) is 2. The molecule has 7 nitrogen and oxygen atoms in total. The van der Waals surface area contributed by atoms with Gasteiger partial charge in [-0.1, -0.05) is 25.0 Å². The number of nitrogens with zero attached hydrogens (tertiary/aromatic N) is 2. The summed E-state index contributed by atoms with van der Waals surface area (Å²) in [5.41, 5.74) is 1.29. The highest BCUT2D eigenvalue weighted by atomic mass is 127. The standard InChI is InChI=1S/C21H34N4O3S.HI/c1-6-22-20(24-15-21(11-7-8-12-21)19(26)25(3)4)23-14-17-9-10-18(16(2)13-17)29(5,27)28;/h9-10,13H,6-8,11-12,14-15H2,1-5H3,(H2,22,23,24);1H. The molecule has 0 radical (unpaired) electrons. The van der Waals surface area contributed by atoms with E-state index in [0.717, 1.165) is 36.8 Å². The van der Waals surface area contributed by atoms with Gasteiger partial charge in [-0.25, -0.2) is 13.4 Å². The van der Waals surface area contributed by atoms with Gasteiger partial charge >= 0.3 is 0 Å². The second kappa shape index (κ2) is 11.3. The van der Waals surface area contributed by atoms with Crippen LogP contribution in [0, 0.1) is 12.3 Å². The number of rotatable bonds is 7. The van der Waals surface area contributed by atoms with E-state index >= 15 is 0 Å². The molecule has 9 heteroatoms. The molecule has 1 aliphatic rings. The topological polar surface area (TPSA) is 90.9 Å². The van der Waals surface area contributed by atoms with Crippen LogP contribution in [0.1, 0.15) is 43.7 Å². The van der Waals surface area contributed by atoms with Gasteiger partial charge in [0.15, 0.2) is 15.8 Å². The van der Waals surface area contributed by atoms with Crippen molar-refractivity contribution in [3.05, 3.63) is 29.3 Å². The number of carbonyl (C=O) groups is 1. The molecule has 1 aliphatic carbocycles. The predicted molar refractivity (Wildman–Crippen MR) is 132 cm³/mol. The molecule has 1 aromatic rings. The first kappa shape index (κ1) is 26.7. The van der Waals surface area contributed by atoms with E-state index in [-0.39, 0.29) is 35.3 Å². The van der Waals surface area contributed by atoms with Gasteiger partial charge in [0.2, 0.25) is 5.91 Å². The first-order chi connectivity index (χ1) is 13.6. The fourth-order valence-electron chi connectivity index (χ4n) is 3.98. The van der Waals surface area contributed by atoms with Gasteiger partial charge in [0.25, 0.3) is 0 Å². The summed E-state index contributed by atoms with van der Waals surface area (Å²) >= 11 is 0. The Balaban J connectivity index is 0.00000450. The Kier molecular flexibility index (Phi) is 10.1. The molecule has 1 fully saturated rings. The van der Waals surface area contributed by atoms with Crippen LogP contribution >= 0.6 is 24.0 Å². The van der Waals surface area contributed by atoms with Crippen LogP contribution in [0.25, 0.3) is 0 Å². The number of aryl methyl sites for hydroxylation is 1. The van der Waals surface area contributed by atoms with E-state index in [4.69, 9.17) is 0 Å². The SMILES string of the molecule is CCNC(=NCc1ccc(S(C)(=O)=O)c(C)c1)NCC1(C(=O)N(C)C)CCCC1.I.